The molecule has 0 aliphatic carbocycles. The van der Waals surface area contributed by atoms with Crippen molar-refractivity contribution in [2.45, 2.75) is 19.5 Å². The summed E-state index contributed by atoms with van der Waals surface area (Å²) in [4.78, 5) is 14.8. The van der Waals surface area contributed by atoms with Gasteiger partial charge in [-0.2, -0.15) is 0 Å². The summed E-state index contributed by atoms with van der Waals surface area (Å²) in [5.41, 5.74) is 2.35. The molecule has 3 rings (SSSR count). The largest absolute Gasteiger partial charge is 0.322 e. The average Bonchev–Trinajstić information content (AvgIpc) is 2.55. The van der Waals surface area contributed by atoms with E-state index in [1.54, 1.807) is 18.2 Å². The minimum Gasteiger partial charge on any atom is -0.322 e. The third-order valence-electron chi connectivity index (χ3n) is 4.22. The van der Waals surface area contributed by atoms with Gasteiger partial charge in [0.2, 0.25) is 0 Å². The second-order valence-electron chi connectivity index (χ2n) is 6.37. The maximum atomic E-state index is 12.4. The highest BCUT2D eigenvalue weighted by molar-refractivity contribution is 6.37. The van der Waals surface area contributed by atoms with Gasteiger partial charge in [0, 0.05) is 42.9 Å². The predicted molar refractivity (Wildman–Crippen MR) is 111 cm³/mol. The molecule has 140 valence electrons. The van der Waals surface area contributed by atoms with E-state index < -0.39 is 0 Å². The summed E-state index contributed by atoms with van der Waals surface area (Å²) >= 11 is 12.0. The van der Waals surface area contributed by atoms with E-state index in [4.69, 9.17) is 23.2 Å². The van der Waals surface area contributed by atoms with Gasteiger partial charge in [-0.15, -0.1) is 12.4 Å². The first kappa shape index (κ1) is 21.0. The van der Waals surface area contributed by atoms with Crippen molar-refractivity contribution in [2.75, 3.05) is 25.0 Å². The molecule has 1 amide bonds. The first-order valence-corrected chi connectivity index (χ1v) is 9.08. The zero-order valence-electron chi connectivity index (χ0n) is 14.5. The fourth-order valence-electron chi connectivity index (χ4n) is 3.03. The molecule has 0 saturated carbocycles. The number of carbonyl (C=O) groups excluding carboxylic acids is 1. The van der Waals surface area contributed by atoms with E-state index in [1.165, 1.54) is 5.56 Å². The van der Waals surface area contributed by atoms with Gasteiger partial charge >= 0.3 is 0 Å². The molecule has 1 heterocycles. The second kappa shape index (κ2) is 9.58. The first-order chi connectivity index (χ1) is 12.0. The van der Waals surface area contributed by atoms with E-state index in [2.05, 4.69) is 28.5 Å². The Labute approximate surface area is 170 Å². The molecule has 0 bridgehead atoms. The first-order valence-electron chi connectivity index (χ1n) is 8.32. The van der Waals surface area contributed by atoms with Crippen LogP contribution in [0.3, 0.4) is 0 Å². The Hall–Kier alpha value is -1.30. The van der Waals surface area contributed by atoms with E-state index in [1.807, 2.05) is 18.2 Å². The van der Waals surface area contributed by atoms with Gasteiger partial charge in [0.05, 0.1) is 10.6 Å². The molecule has 1 fully saturated rings. The highest BCUT2D eigenvalue weighted by Gasteiger charge is 2.16. The monoisotopic (exact) mass is 413 g/mol. The SMILES string of the molecule is C[C@@H]1CN(Cc2cccc(NC(=O)c3ccc(Cl)cc3Cl)c2)CCN1.Cl. The predicted octanol–water partition coefficient (Wildman–Crippen LogP) is 4.46. The quantitative estimate of drug-likeness (QED) is 0.776. The van der Waals surface area contributed by atoms with E-state index in [0.29, 0.717) is 21.7 Å². The van der Waals surface area contributed by atoms with Crippen molar-refractivity contribution in [1.82, 2.24) is 10.2 Å². The van der Waals surface area contributed by atoms with Gasteiger partial charge in [0.25, 0.3) is 5.91 Å². The van der Waals surface area contributed by atoms with Crippen molar-refractivity contribution >= 4 is 47.2 Å². The molecule has 2 N–H and O–H groups in total. The molecule has 2 aromatic rings. The van der Waals surface area contributed by atoms with Crippen LogP contribution in [0.15, 0.2) is 42.5 Å². The van der Waals surface area contributed by atoms with Crippen molar-refractivity contribution in [2.24, 2.45) is 0 Å². The number of hydrogen-bond acceptors (Lipinski definition) is 3. The minimum atomic E-state index is -0.241. The van der Waals surface area contributed by atoms with Crippen LogP contribution < -0.4 is 10.6 Å². The summed E-state index contributed by atoms with van der Waals surface area (Å²) in [6, 6.07) is 13.3. The Bertz CT molecular complexity index is 769. The smallest absolute Gasteiger partial charge is 0.257 e. The molecule has 4 nitrogen and oxygen atoms in total. The lowest BCUT2D eigenvalue weighted by Gasteiger charge is -2.31. The number of nitrogens with zero attached hydrogens (tertiary/aromatic N) is 1. The van der Waals surface area contributed by atoms with Crippen LogP contribution in [0.4, 0.5) is 5.69 Å². The van der Waals surface area contributed by atoms with E-state index in [0.717, 1.165) is 31.9 Å². The fourth-order valence-corrected chi connectivity index (χ4v) is 3.53. The number of carbonyl (C=O) groups is 1. The Morgan fingerprint density at radius 1 is 1.27 bits per heavy atom. The summed E-state index contributed by atoms with van der Waals surface area (Å²) in [5, 5.41) is 7.20. The van der Waals surface area contributed by atoms with Crippen molar-refractivity contribution in [3.8, 4) is 0 Å². The number of hydrogen-bond donors (Lipinski definition) is 2. The van der Waals surface area contributed by atoms with E-state index in [9.17, 15) is 4.79 Å². The molecule has 26 heavy (non-hydrogen) atoms. The van der Waals surface area contributed by atoms with Crippen LogP contribution in [-0.2, 0) is 6.54 Å². The molecule has 0 aromatic heterocycles. The Morgan fingerprint density at radius 3 is 2.81 bits per heavy atom. The number of piperazine rings is 1. The topological polar surface area (TPSA) is 44.4 Å². The minimum absolute atomic E-state index is 0. The summed E-state index contributed by atoms with van der Waals surface area (Å²) in [5.74, 6) is -0.241. The van der Waals surface area contributed by atoms with E-state index in [-0.39, 0.29) is 18.3 Å². The number of rotatable bonds is 4. The highest BCUT2D eigenvalue weighted by atomic mass is 35.5. The Morgan fingerprint density at radius 2 is 2.08 bits per heavy atom. The number of nitrogens with one attached hydrogen (secondary N) is 2. The summed E-state index contributed by atoms with van der Waals surface area (Å²) in [6.45, 7) is 6.13. The molecular formula is C19H22Cl3N3O. The number of amides is 1. The molecule has 2 aromatic carbocycles. The van der Waals surface area contributed by atoms with Crippen LogP contribution in [0.2, 0.25) is 10.0 Å². The third-order valence-corrected chi connectivity index (χ3v) is 4.77. The molecule has 0 radical (unpaired) electrons. The van der Waals surface area contributed by atoms with Gasteiger partial charge < -0.3 is 10.6 Å². The van der Waals surface area contributed by atoms with Gasteiger partial charge in [-0.3, -0.25) is 9.69 Å². The molecule has 7 heteroatoms. The maximum Gasteiger partial charge on any atom is 0.257 e. The molecule has 0 unspecified atom stereocenters. The molecule has 1 aliphatic rings. The van der Waals surface area contributed by atoms with Gasteiger partial charge in [-0.05, 0) is 42.8 Å². The van der Waals surface area contributed by atoms with Crippen LogP contribution in [0.5, 0.6) is 0 Å². The fraction of sp³-hybridized carbons (Fsp3) is 0.316. The summed E-state index contributed by atoms with van der Waals surface area (Å²) in [7, 11) is 0. The van der Waals surface area contributed by atoms with Crippen LogP contribution in [0, 0.1) is 0 Å². The third kappa shape index (κ3) is 5.60. The number of benzene rings is 2. The lowest BCUT2D eigenvalue weighted by molar-refractivity contribution is 0.102. The summed E-state index contributed by atoms with van der Waals surface area (Å²) in [6.07, 6.45) is 0. The number of anilines is 1. The lowest BCUT2D eigenvalue weighted by atomic mass is 10.1. The van der Waals surface area contributed by atoms with Gasteiger partial charge in [-0.1, -0.05) is 35.3 Å². The van der Waals surface area contributed by atoms with Gasteiger partial charge in [0.15, 0.2) is 0 Å². The van der Waals surface area contributed by atoms with Crippen LogP contribution in [-0.4, -0.2) is 36.5 Å². The second-order valence-corrected chi connectivity index (χ2v) is 7.21. The zero-order chi connectivity index (χ0) is 17.8. The van der Waals surface area contributed by atoms with Crippen LogP contribution >= 0.6 is 35.6 Å². The molecule has 1 atom stereocenters. The molecule has 0 spiro atoms. The normalized spacial score (nSPS) is 17.4. The maximum absolute atomic E-state index is 12.4. The van der Waals surface area contributed by atoms with E-state index >= 15 is 0 Å². The lowest BCUT2D eigenvalue weighted by Crippen LogP contribution is -2.48. The molecule has 1 aliphatic heterocycles. The van der Waals surface area contributed by atoms with Crippen molar-refractivity contribution < 1.29 is 4.79 Å². The van der Waals surface area contributed by atoms with Crippen molar-refractivity contribution in [1.29, 1.82) is 0 Å². The Kier molecular flexibility index (Phi) is 7.74. The van der Waals surface area contributed by atoms with Gasteiger partial charge in [0.1, 0.15) is 0 Å². The average molecular weight is 415 g/mol. The summed E-state index contributed by atoms with van der Waals surface area (Å²) < 4.78 is 0. The van der Waals surface area contributed by atoms with Crippen molar-refractivity contribution in [3.05, 3.63) is 63.6 Å². The van der Waals surface area contributed by atoms with Crippen LogP contribution in [0.25, 0.3) is 0 Å². The zero-order valence-corrected chi connectivity index (χ0v) is 16.8. The Balaban J connectivity index is 0.00000243. The van der Waals surface area contributed by atoms with Crippen molar-refractivity contribution in [3.63, 3.8) is 0 Å². The molecule has 1 saturated heterocycles. The number of halogens is 3. The van der Waals surface area contributed by atoms with Gasteiger partial charge in [-0.25, -0.2) is 0 Å². The molecular weight excluding hydrogens is 393 g/mol. The van der Waals surface area contributed by atoms with Crippen LogP contribution in [0.1, 0.15) is 22.8 Å². The highest BCUT2D eigenvalue weighted by Crippen LogP contribution is 2.22. The standard InChI is InChI=1S/C19H21Cl2N3O.ClH/c1-13-11-24(8-7-22-13)12-14-3-2-4-16(9-14)23-19(25)17-6-5-15(20)10-18(17)21;/h2-6,9-10,13,22H,7-8,11-12H2,1H3,(H,23,25);1H/t13-;/m1./s1.